The van der Waals surface area contributed by atoms with Crippen molar-refractivity contribution in [2.24, 2.45) is 0 Å². The minimum absolute atomic E-state index is 0.0792. The first-order chi connectivity index (χ1) is 11.7. The highest BCUT2D eigenvalue weighted by Gasteiger charge is 2.22. The number of carbonyl (C=O) groups is 1. The molecule has 0 aliphatic carbocycles. The Morgan fingerprint density at radius 3 is 3.00 bits per heavy atom. The molecule has 0 radical (unpaired) electrons. The summed E-state index contributed by atoms with van der Waals surface area (Å²) in [5, 5.41) is 4.97. The van der Waals surface area contributed by atoms with Crippen LogP contribution in [0.15, 0.2) is 47.0 Å². The molecule has 2 heterocycles. The highest BCUT2D eigenvalue weighted by atomic mass is 16.5. The summed E-state index contributed by atoms with van der Waals surface area (Å²) in [6, 6.07) is 13.7. The number of rotatable bonds is 3. The molecule has 1 aliphatic heterocycles. The van der Waals surface area contributed by atoms with Crippen LogP contribution in [-0.4, -0.2) is 29.6 Å². The largest absolute Gasteiger partial charge is 0.497 e. The van der Waals surface area contributed by atoms with Gasteiger partial charge in [0.1, 0.15) is 11.4 Å². The van der Waals surface area contributed by atoms with E-state index in [1.807, 2.05) is 41.3 Å². The van der Waals surface area contributed by atoms with E-state index in [1.54, 1.807) is 7.11 Å². The van der Waals surface area contributed by atoms with E-state index in [1.165, 1.54) is 11.1 Å². The second-order valence-corrected chi connectivity index (χ2v) is 6.00. The van der Waals surface area contributed by atoms with E-state index >= 15 is 0 Å². The standard InChI is InChI=1S/C19H18N2O3/c1-23-15-7-6-14-12-21(9-8-13(14)10-15)19(22)11-17-16-4-2-3-5-18(16)24-20-17/h2-7,10H,8-9,11-12H2,1H3. The molecule has 4 rings (SSSR count). The summed E-state index contributed by atoms with van der Waals surface area (Å²) in [6.45, 7) is 1.35. The molecule has 0 saturated heterocycles. The minimum atomic E-state index is 0.0792. The number of ether oxygens (including phenoxy) is 1. The Kier molecular flexibility index (Phi) is 3.69. The van der Waals surface area contributed by atoms with E-state index in [0.29, 0.717) is 12.2 Å². The smallest absolute Gasteiger partial charge is 0.229 e. The lowest BCUT2D eigenvalue weighted by Crippen LogP contribution is -2.37. The molecular formula is C19H18N2O3. The van der Waals surface area contributed by atoms with Crippen LogP contribution in [0.2, 0.25) is 0 Å². The fourth-order valence-electron chi connectivity index (χ4n) is 3.19. The lowest BCUT2D eigenvalue weighted by Gasteiger charge is -2.29. The van der Waals surface area contributed by atoms with E-state index in [9.17, 15) is 4.79 Å². The Labute approximate surface area is 139 Å². The maximum Gasteiger partial charge on any atom is 0.229 e. The molecule has 0 atom stereocenters. The van der Waals surface area contributed by atoms with E-state index in [-0.39, 0.29) is 12.3 Å². The molecule has 0 spiro atoms. The van der Waals surface area contributed by atoms with Crippen molar-refractivity contribution in [3.05, 3.63) is 59.3 Å². The average Bonchev–Trinajstić information content (AvgIpc) is 3.04. The summed E-state index contributed by atoms with van der Waals surface area (Å²) in [4.78, 5) is 14.5. The number of methoxy groups -OCH3 is 1. The Balaban J connectivity index is 1.51. The molecular weight excluding hydrogens is 304 g/mol. The Bertz CT molecular complexity index is 901. The minimum Gasteiger partial charge on any atom is -0.497 e. The first-order valence-corrected chi connectivity index (χ1v) is 8.01. The number of nitrogens with zero attached hydrogens (tertiary/aromatic N) is 2. The molecule has 122 valence electrons. The maximum absolute atomic E-state index is 12.7. The van der Waals surface area contributed by atoms with Crippen molar-refractivity contribution in [1.29, 1.82) is 0 Å². The van der Waals surface area contributed by atoms with Crippen LogP contribution in [0.4, 0.5) is 0 Å². The SMILES string of the molecule is COc1ccc2c(c1)CCN(C(=O)Cc1noc3ccccc13)C2. The van der Waals surface area contributed by atoms with E-state index in [2.05, 4.69) is 11.2 Å². The van der Waals surface area contributed by atoms with Crippen LogP contribution in [0.5, 0.6) is 5.75 Å². The highest BCUT2D eigenvalue weighted by Crippen LogP contribution is 2.25. The number of hydrogen-bond acceptors (Lipinski definition) is 4. The van der Waals surface area contributed by atoms with E-state index in [0.717, 1.165) is 29.7 Å². The quantitative estimate of drug-likeness (QED) is 0.744. The molecule has 24 heavy (non-hydrogen) atoms. The van der Waals surface area contributed by atoms with Gasteiger partial charge in [0, 0.05) is 18.5 Å². The predicted molar refractivity (Wildman–Crippen MR) is 89.8 cm³/mol. The summed E-state index contributed by atoms with van der Waals surface area (Å²) in [7, 11) is 1.67. The van der Waals surface area contributed by atoms with Crippen molar-refractivity contribution in [3.63, 3.8) is 0 Å². The summed E-state index contributed by atoms with van der Waals surface area (Å²) in [6.07, 6.45) is 1.11. The van der Waals surface area contributed by atoms with Crippen molar-refractivity contribution in [3.8, 4) is 5.75 Å². The molecule has 1 aromatic heterocycles. The van der Waals surface area contributed by atoms with Gasteiger partial charge in [0.15, 0.2) is 5.58 Å². The van der Waals surface area contributed by atoms with Crippen molar-refractivity contribution in [2.75, 3.05) is 13.7 Å². The summed E-state index contributed by atoms with van der Waals surface area (Å²) in [5.41, 5.74) is 3.86. The summed E-state index contributed by atoms with van der Waals surface area (Å²) >= 11 is 0. The van der Waals surface area contributed by atoms with Crippen LogP contribution in [0.1, 0.15) is 16.8 Å². The van der Waals surface area contributed by atoms with Gasteiger partial charge in [0.05, 0.1) is 13.5 Å². The van der Waals surface area contributed by atoms with Crippen LogP contribution < -0.4 is 4.74 Å². The Morgan fingerprint density at radius 2 is 2.12 bits per heavy atom. The van der Waals surface area contributed by atoms with E-state index < -0.39 is 0 Å². The van der Waals surface area contributed by atoms with Crippen molar-refractivity contribution in [1.82, 2.24) is 10.1 Å². The zero-order chi connectivity index (χ0) is 16.5. The second kappa shape index (κ2) is 6.00. The molecule has 5 heteroatoms. The molecule has 3 aromatic rings. The molecule has 0 saturated carbocycles. The molecule has 5 nitrogen and oxygen atoms in total. The molecule has 0 N–H and O–H groups in total. The van der Waals surface area contributed by atoms with Crippen LogP contribution >= 0.6 is 0 Å². The average molecular weight is 322 g/mol. The Morgan fingerprint density at radius 1 is 1.25 bits per heavy atom. The zero-order valence-corrected chi connectivity index (χ0v) is 13.5. The van der Waals surface area contributed by atoms with Crippen LogP contribution in [0.3, 0.4) is 0 Å². The molecule has 0 unspecified atom stereocenters. The van der Waals surface area contributed by atoms with Gasteiger partial charge in [-0.2, -0.15) is 0 Å². The predicted octanol–water partition coefficient (Wildman–Crippen LogP) is 2.96. The van der Waals surface area contributed by atoms with E-state index in [4.69, 9.17) is 9.26 Å². The van der Waals surface area contributed by atoms with Crippen molar-refractivity contribution >= 4 is 16.9 Å². The van der Waals surface area contributed by atoms with Gasteiger partial charge in [0.25, 0.3) is 0 Å². The van der Waals surface area contributed by atoms with Crippen LogP contribution in [0.25, 0.3) is 11.0 Å². The number of carbonyl (C=O) groups excluding carboxylic acids is 1. The number of amides is 1. The van der Waals surface area contributed by atoms with Gasteiger partial charge in [-0.3, -0.25) is 4.79 Å². The molecule has 1 amide bonds. The van der Waals surface area contributed by atoms with Gasteiger partial charge in [-0.25, -0.2) is 0 Å². The van der Waals surface area contributed by atoms with Gasteiger partial charge in [-0.1, -0.05) is 23.4 Å². The molecule has 0 bridgehead atoms. The van der Waals surface area contributed by atoms with Gasteiger partial charge in [-0.15, -0.1) is 0 Å². The molecule has 1 aliphatic rings. The normalized spacial score (nSPS) is 13.8. The number of fused-ring (bicyclic) bond motifs is 2. The number of benzene rings is 2. The van der Waals surface area contributed by atoms with Gasteiger partial charge < -0.3 is 14.2 Å². The monoisotopic (exact) mass is 322 g/mol. The molecule has 2 aromatic carbocycles. The fourth-order valence-corrected chi connectivity index (χ4v) is 3.19. The third-order valence-corrected chi connectivity index (χ3v) is 4.55. The lowest BCUT2D eigenvalue weighted by atomic mass is 9.99. The molecule has 0 fully saturated rings. The van der Waals surface area contributed by atoms with Crippen molar-refractivity contribution in [2.45, 2.75) is 19.4 Å². The highest BCUT2D eigenvalue weighted by molar-refractivity contribution is 5.86. The second-order valence-electron chi connectivity index (χ2n) is 6.00. The fraction of sp³-hybridized carbons (Fsp3) is 0.263. The number of hydrogen-bond donors (Lipinski definition) is 0. The van der Waals surface area contributed by atoms with Crippen molar-refractivity contribution < 1.29 is 14.1 Å². The first kappa shape index (κ1) is 14.8. The van der Waals surface area contributed by atoms with Gasteiger partial charge in [-0.05, 0) is 41.8 Å². The van der Waals surface area contributed by atoms with Crippen LogP contribution in [0, 0.1) is 0 Å². The van der Waals surface area contributed by atoms with Gasteiger partial charge in [0.2, 0.25) is 5.91 Å². The Hall–Kier alpha value is -2.82. The first-order valence-electron chi connectivity index (χ1n) is 8.01. The van der Waals surface area contributed by atoms with Crippen LogP contribution in [-0.2, 0) is 24.2 Å². The van der Waals surface area contributed by atoms with Gasteiger partial charge >= 0.3 is 0 Å². The lowest BCUT2D eigenvalue weighted by molar-refractivity contribution is -0.131. The third kappa shape index (κ3) is 2.62. The third-order valence-electron chi connectivity index (χ3n) is 4.55. The number of para-hydroxylation sites is 1. The summed E-state index contributed by atoms with van der Waals surface area (Å²) in [5.74, 6) is 0.943. The summed E-state index contributed by atoms with van der Waals surface area (Å²) < 4.78 is 10.6. The number of aromatic nitrogens is 1. The maximum atomic E-state index is 12.7. The topological polar surface area (TPSA) is 55.6 Å². The zero-order valence-electron chi connectivity index (χ0n) is 13.5.